The van der Waals surface area contributed by atoms with Gasteiger partial charge in [-0.2, -0.15) is 4.31 Å². The van der Waals surface area contributed by atoms with Crippen LogP contribution in [0.2, 0.25) is 0 Å². The van der Waals surface area contributed by atoms with Gasteiger partial charge in [0.15, 0.2) is 0 Å². The van der Waals surface area contributed by atoms with E-state index < -0.39 is 16.1 Å². The van der Waals surface area contributed by atoms with Crippen molar-refractivity contribution in [1.29, 1.82) is 0 Å². The Kier molecular flexibility index (Phi) is 5.34. The maximum atomic E-state index is 12.5. The van der Waals surface area contributed by atoms with E-state index in [1.807, 2.05) is 11.8 Å². The second-order valence-corrected chi connectivity index (χ2v) is 7.29. The number of β-amino-alcohol motifs (C(OH)–C–C–N with tert-alkyl or cyclic N) is 1. The summed E-state index contributed by atoms with van der Waals surface area (Å²) in [5.41, 5.74) is 1.02. The van der Waals surface area contributed by atoms with Crippen molar-refractivity contribution in [3.63, 3.8) is 0 Å². The molecule has 1 aliphatic rings. The van der Waals surface area contributed by atoms with E-state index >= 15 is 0 Å². The van der Waals surface area contributed by atoms with Gasteiger partial charge in [-0.1, -0.05) is 17.7 Å². The largest absolute Gasteiger partial charge is 0.394 e. The van der Waals surface area contributed by atoms with Crippen LogP contribution in [0.25, 0.3) is 0 Å². The quantitative estimate of drug-likeness (QED) is 0.777. The lowest BCUT2D eigenvalue weighted by Crippen LogP contribution is -2.50. The minimum Gasteiger partial charge on any atom is -0.394 e. The predicted octanol–water partition coefficient (Wildman–Crippen LogP) is -0.345. The minimum absolute atomic E-state index is 0.276. The summed E-state index contributed by atoms with van der Waals surface area (Å²) in [6.07, 6.45) is -0.773. The SMILES string of the molecule is Cc1ccc(S(=O)(=O)N2CCN(C[C@@H](O)CO)CC2)cc1. The lowest BCUT2D eigenvalue weighted by Gasteiger charge is -2.34. The zero-order chi connectivity index (χ0) is 15.5. The fourth-order valence-corrected chi connectivity index (χ4v) is 3.79. The van der Waals surface area contributed by atoms with Crippen molar-refractivity contribution in [3.05, 3.63) is 29.8 Å². The van der Waals surface area contributed by atoms with E-state index in [-0.39, 0.29) is 6.61 Å². The Morgan fingerprint density at radius 1 is 1.14 bits per heavy atom. The van der Waals surface area contributed by atoms with Gasteiger partial charge in [0.05, 0.1) is 17.6 Å². The molecule has 6 nitrogen and oxygen atoms in total. The molecule has 1 fully saturated rings. The number of aliphatic hydroxyl groups is 2. The summed E-state index contributed by atoms with van der Waals surface area (Å²) in [7, 11) is -3.44. The molecular weight excluding hydrogens is 292 g/mol. The third-order valence-electron chi connectivity index (χ3n) is 3.67. The van der Waals surface area contributed by atoms with Crippen LogP contribution in [-0.2, 0) is 10.0 Å². The molecule has 21 heavy (non-hydrogen) atoms. The third kappa shape index (κ3) is 4.02. The molecule has 0 saturated carbocycles. The molecule has 1 saturated heterocycles. The highest BCUT2D eigenvalue weighted by Crippen LogP contribution is 2.18. The van der Waals surface area contributed by atoms with Gasteiger partial charge in [0.1, 0.15) is 0 Å². The van der Waals surface area contributed by atoms with Gasteiger partial charge in [-0.05, 0) is 19.1 Å². The Labute approximate surface area is 125 Å². The normalized spacial score (nSPS) is 19.6. The molecule has 0 amide bonds. The van der Waals surface area contributed by atoms with E-state index in [1.54, 1.807) is 24.3 Å². The summed E-state index contributed by atoms with van der Waals surface area (Å²) in [6.45, 7) is 3.92. The third-order valence-corrected chi connectivity index (χ3v) is 5.58. The second kappa shape index (κ2) is 6.85. The van der Waals surface area contributed by atoms with Gasteiger partial charge in [-0.15, -0.1) is 0 Å². The molecule has 0 radical (unpaired) electrons. The van der Waals surface area contributed by atoms with Crippen LogP contribution in [0.1, 0.15) is 5.56 Å². The number of rotatable bonds is 5. The summed E-state index contributed by atoms with van der Waals surface area (Å²) in [4.78, 5) is 2.28. The van der Waals surface area contributed by atoms with Crippen LogP contribution in [0, 0.1) is 6.92 Å². The molecule has 0 aliphatic carbocycles. The van der Waals surface area contributed by atoms with Gasteiger partial charge < -0.3 is 10.2 Å². The molecular formula is C14H22N2O4S. The molecule has 1 atom stereocenters. The Morgan fingerprint density at radius 2 is 1.71 bits per heavy atom. The number of hydrogen-bond donors (Lipinski definition) is 2. The molecule has 0 aromatic heterocycles. The van der Waals surface area contributed by atoms with Gasteiger partial charge in [0.2, 0.25) is 10.0 Å². The van der Waals surface area contributed by atoms with Crippen LogP contribution >= 0.6 is 0 Å². The van der Waals surface area contributed by atoms with Crippen molar-refractivity contribution in [1.82, 2.24) is 9.21 Å². The highest BCUT2D eigenvalue weighted by molar-refractivity contribution is 7.89. The zero-order valence-corrected chi connectivity index (χ0v) is 13.0. The van der Waals surface area contributed by atoms with E-state index in [9.17, 15) is 13.5 Å². The van der Waals surface area contributed by atoms with Crippen LogP contribution in [0.3, 0.4) is 0 Å². The predicted molar refractivity (Wildman–Crippen MR) is 79.5 cm³/mol. The first-order valence-electron chi connectivity index (χ1n) is 7.01. The van der Waals surface area contributed by atoms with Crippen molar-refractivity contribution in [3.8, 4) is 0 Å². The number of benzene rings is 1. The molecule has 1 heterocycles. The zero-order valence-electron chi connectivity index (χ0n) is 12.1. The van der Waals surface area contributed by atoms with Gasteiger partial charge >= 0.3 is 0 Å². The number of piperazine rings is 1. The number of sulfonamides is 1. The van der Waals surface area contributed by atoms with Crippen LogP contribution in [-0.4, -0.2) is 73.3 Å². The number of aryl methyl sites for hydroxylation is 1. The summed E-state index contributed by atoms with van der Waals surface area (Å²) < 4.78 is 26.5. The fraction of sp³-hybridized carbons (Fsp3) is 0.571. The molecule has 118 valence electrons. The monoisotopic (exact) mass is 314 g/mol. The molecule has 0 bridgehead atoms. The van der Waals surface area contributed by atoms with Crippen molar-refractivity contribution < 1.29 is 18.6 Å². The Balaban J connectivity index is 1.99. The number of hydrogen-bond acceptors (Lipinski definition) is 5. The molecule has 0 spiro atoms. The molecule has 2 N–H and O–H groups in total. The highest BCUT2D eigenvalue weighted by atomic mass is 32.2. The van der Waals surface area contributed by atoms with Crippen LogP contribution in [0.15, 0.2) is 29.2 Å². The van der Waals surface area contributed by atoms with E-state index in [4.69, 9.17) is 5.11 Å². The lowest BCUT2D eigenvalue weighted by atomic mass is 10.2. The van der Waals surface area contributed by atoms with Crippen LogP contribution in [0.4, 0.5) is 0 Å². The topological polar surface area (TPSA) is 81.1 Å². The Hall–Kier alpha value is -0.990. The first-order chi connectivity index (χ1) is 9.93. The maximum Gasteiger partial charge on any atom is 0.243 e. The average molecular weight is 314 g/mol. The smallest absolute Gasteiger partial charge is 0.243 e. The van der Waals surface area contributed by atoms with E-state index in [0.717, 1.165) is 5.56 Å². The van der Waals surface area contributed by atoms with Crippen molar-refractivity contribution in [2.45, 2.75) is 17.9 Å². The minimum atomic E-state index is -3.44. The number of aliphatic hydroxyl groups excluding tert-OH is 2. The van der Waals surface area contributed by atoms with Crippen molar-refractivity contribution >= 4 is 10.0 Å². The first-order valence-corrected chi connectivity index (χ1v) is 8.45. The Morgan fingerprint density at radius 3 is 2.24 bits per heavy atom. The van der Waals surface area contributed by atoms with Gasteiger partial charge in [-0.25, -0.2) is 8.42 Å². The van der Waals surface area contributed by atoms with Gasteiger partial charge in [0.25, 0.3) is 0 Å². The molecule has 0 unspecified atom stereocenters. The van der Waals surface area contributed by atoms with E-state index in [0.29, 0.717) is 37.6 Å². The summed E-state index contributed by atoms with van der Waals surface area (Å²) in [5, 5.41) is 18.3. The van der Waals surface area contributed by atoms with Crippen molar-refractivity contribution in [2.24, 2.45) is 0 Å². The van der Waals surface area contributed by atoms with Gasteiger partial charge in [0, 0.05) is 32.7 Å². The summed E-state index contributed by atoms with van der Waals surface area (Å²) in [5.74, 6) is 0. The molecule has 2 rings (SSSR count). The fourth-order valence-electron chi connectivity index (χ4n) is 2.37. The van der Waals surface area contributed by atoms with Crippen molar-refractivity contribution in [2.75, 3.05) is 39.3 Å². The van der Waals surface area contributed by atoms with Crippen LogP contribution in [0.5, 0.6) is 0 Å². The maximum absolute atomic E-state index is 12.5. The first kappa shape index (κ1) is 16.4. The molecule has 1 aromatic carbocycles. The Bertz CT molecular complexity index is 551. The van der Waals surface area contributed by atoms with Crippen LogP contribution < -0.4 is 0 Å². The second-order valence-electron chi connectivity index (χ2n) is 5.35. The highest BCUT2D eigenvalue weighted by Gasteiger charge is 2.28. The molecule has 1 aromatic rings. The summed E-state index contributed by atoms with van der Waals surface area (Å²) in [6, 6.07) is 6.85. The molecule has 7 heteroatoms. The number of nitrogens with zero attached hydrogens (tertiary/aromatic N) is 2. The van der Waals surface area contributed by atoms with E-state index in [1.165, 1.54) is 4.31 Å². The summed E-state index contributed by atoms with van der Waals surface area (Å²) >= 11 is 0. The van der Waals surface area contributed by atoms with Gasteiger partial charge in [-0.3, -0.25) is 4.90 Å². The lowest BCUT2D eigenvalue weighted by molar-refractivity contribution is 0.0491. The average Bonchev–Trinajstić information content (AvgIpc) is 2.48. The standard InChI is InChI=1S/C14H22N2O4S/c1-12-2-4-14(5-3-12)21(19,20)16-8-6-15(7-9-16)10-13(18)11-17/h2-5,13,17-18H,6-11H2,1H3/t13-/m1/s1. The molecule has 1 aliphatic heterocycles. The van der Waals surface area contributed by atoms with E-state index in [2.05, 4.69) is 0 Å².